The minimum Gasteiger partial charge on any atom is -0.543 e. The number of aliphatic carboxylic acids is 1. The van der Waals surface area contributed by atoms with Gasteiger partial charge in [-0.1, -0.05) is 11.2 Å². The number of hydrogen-bond acceptors (Lipinski definition) is 13. The molecule has 0 radical (unpaired) electrons. The molecular formula is C24H22N8O5S3. The lowest BCUT2D eigenvalue weighted by Gasteiger charge is -2.50. The third kappa shape index (κ3) is 5.41. The lowest BCUT2D eigenvalue weighted by Crippen LogP contribution is -2.71. The van der Waals surface area contributed by atoms with Crippen LogP contribution >= 0.6 is 34.4 Å². The highest BCUT2D eigenvalue weighted by molar-refractivity contribution is 8.00. The van der Waals surface area contributed by atoms with Gasteiger partial charge in [-0.15, -0.1) is 34.4 Å². The molecule has 0 saturated carbocycles. The second-order valence-electron chi connectivity index (χ2n) is 8.48. The number of nitrogen functional groups attached to an aromatic ring is 2. The fourth-order valence-corrected chi connectivity index (χ4v) is 6.62. The van der Waals surface area contributed by atoms with Gasteiger partial charge in [-0.3, -0.25) is 14.5 Å². The van der Waals surface area contributed by atoms with Crippen molar-refractivity contribution in [3.63, 3.8) is 0 Å². The number of oxime groups is 1. The number of aromatic nitrogens is 3. The number of carboxylic acid groups (broad SMARTS) is 1. The van der Waals surface area contributed by atoms with Gasteiger partial charge in [0.15, 0.2) is 34.9 Å². The van der Waals surface area contributed by atoms with E-state index in [0.717, 1.165) is 27.5 Å². The molecule has 2 amide bonds. The van der Waals surface area contributed by atoms with Crippen LogP contribution in [0, 0.1) is 0 Å². The first kappa shape index (κ1) is 27.3. The monoisotopic (exact) mass is 598 g/mol. The minimum atomic E-state index is -1.47. The lowest BCUT2D eigenvalue weighted by atomic mass is 10.0. The number of thioether (sulfide) groups is 1. The maximum absolute atomic E-state index is 13.0. The summed E-state index contributed by atoms with van der Waals surface area (Å²) in [6.45, 7) is 0.445. The molecule has 0 bridgehead atoms. The zero-order valence-electron chi connectivity index (χ0n) is 20.8. The molecule has 3 aromatic rings. The molecule has 0 aromatic carbocycles. The molecule has 0 unspecified atom stereocenters. The summed E-state index contributed by atoms with van der Waals surface area (Å²) in [5, 5.41) is 21.9. The second kappa shape index (κ2) is 11.4. The molecule has 3 aromatic heterocycles. The number of β-lactam (4-membered cyclic amide) rings is 1. The van der Waals surface area contributed by atoms with Gasteiger partial charge >= 0.3 is 0 Å². The van der Waals surface area contributed by atoms with Gasteiger partial charge in [0.25, 0.3) is 11.8 Å². The summed E-state index contributed by atoms with van der Waals surface area (Å²) in [4.78, 5) is 52.2. The molecule has 2 aliphatic rings. The van der Waals surface area contributed by atoms with Gasteiger partial charge in [-0.25, -0.2) is 14.5 Å². The molecule has 0 spiro atoms. The summed E-state index contributed by atoms with van der Waals surface area (Å²) in [5.41, 5.74) is 13.3. The van der Waals surface area contributed by atoms with E-state index in [1.165, 1.54) is 35.6 Å². The third-order valence-electron chi connectivity index (χ3n) is 5.95. The topological polar surface area (TPSA) is 193 Å². The van der Waals surface area contributed by atoms with Gasteiger partial charge in [-0.05, 0) is 17.7 Å². The van der Waals surface area contributed by atoms with Gasteiger partial charge in [0.2, 0.25) is 0 Å². The van der Waals surface area contributed by atoms with Crippen molar-refractivity contribution in [3.8, 4) is 11.3 Å². The summed E-state index contributed by atoms with van der Waals surface area (Å²) in [7, 11) is 1.27. The van der Waals surface area contributed by atoms with Crippen LogP contribution in [0.1, 0.15) is 5.69 Å². The summed E-state index contributed by atoms with van der Waals surface area (Å²) < 4.78 is 1.91. The standard InChI is InChI=1S/C24H22N8O5S3/c1-37-30-16(15-11-40-24(26)28-15)19(33)29-17-20(34)32-18(22(35)36)13(9-38-21(17)32)5-3-7-31-6-2-4-12(8-31)14-10-39-23(25)27-14/h2-6,8,10-11,17,21H,7,9H2,1H3,(H5-,25,26,27,28,29,33,35,36)/b5-3+,30-16?/t17-,21+/m1/s1. The molecule has 2 aliphatic heterocycles. The highest BCUT2D eigenvalue weighted by Crippen LogP contribution is 2.40. The number of nitrogens with two attached hydrogens (primary N) is 2. The Balaban J connectivity index is 1.29. The number of amides is 2. The maximum atomic E-state index is 13.0. The Kier molecular flexibility index (Phi) is 7.81. The fraction of sp³-hybridized carbons (Fsp3) is 0.208. The Bertz CT molecular complexity index is 1580. The predicted octanol–water partition coefficient (Wildman–Crippen LogP) is -0.271. The van der Waals surface area contributed by atoms with Crippen LogP contribution in [-0.4, -0.2) is 62.6 Å². The Morgan fingerprint density at radius 2 is 2.08 bits per heavy atom. The Hall–Kier alpha value is -4.28. The lowest BCUT2D eigenvalue weighted by molar-refractivity contribution is -0.686. The van der Waals surface area contributed by atoms with Crippen molar-refractivity contribution >= 4 is 68.2 Å². The number of allylic oxidation sites excluding steroid dienone is 2. The van der Waals surface area contributed by atoms with E-state index in [2.05, 4.69) is 20.4 Å². The molecule has 13 nitrogen and oxygen atoms in total. The molecular weight excluding hydrogens is 577 g/mol. The molecule has 5 heterocycles. The Labute approximate surface area is 239 Å². The van der Waals surface area contributed by atoms with Crippen molar-refractivity contribution in [1.29, 1.82) is 0 Å². The van der Waals surface area contributed by atoms with Crippen molar-refractivity contribution in [2.75, 3.05) is 24.3 Å². The van der Waals surface area contributed by atoms with E-state index >= 15 is 0 Å². The zero-order chi connectivity index (χ0) is 28.4. The van der Waals surface area contributed by atoms with E-state index in [1.54, 1.807) is 12.2 Å². The molecule has 206 valence electrons. The van der Waals surface area contributed by atoms with Gasteiger partial charge in [-0.2, -0.15) is 0 Å². The first-order chi connectivity index (χ1) is 19.3. The molecule has 1 fully saturated rings. The number of pyridine rings is 1. The molecule has 5 N–H and O–H groups in total. The number of rotatable bonds is 9. The number of carbonyl (C=O) groups excluding carboxylic acids is 3. The van der Waals surface area contributed by atoms with Crippen molar-refractivity contribution in [2.24, 2.45) is 5.16 Å². The number of carbonyl (C=O) groups is 3. The summed E-state index contributed by atoms with van der Waals surface area (Å²) in [6.07, 6.45) is 7.25. The largest absolute Gasteiger partial charge is 0.543 e. The highest BCUT2D eigenvalue weighted by Gasteiger charge is 2.53. The number of nitrogens with zero attached hydrogens (tertiary/aromatic N) is 5. The quantitative estimate of drug-likeness (QED) is 0.128. The van der Waals surface area contributed by atoms with E-state index < -0.39 is 29.2 Å². The average Bonchev–Trinajstić information content (AvgIpc) is 3.57. The molecule has 16 heteroatoms. The van der Waals surface area contributed by atoms with E-state index in [9.17, 15) is 19.5 Å². The number of anilines is 2. The number of thiazole rings is 2. The maximum Gasteiger partial charge on any atom is 0.276 e. The molecule has 1 saturated heterocycles. The van der Waals surface area contributed by atoms with E-state index in [-0.39, 0.29) is 22.2 Å². The Morgan fingerprint density at radius 1 is 1.30 bits per heavy atom. The van der Waals surface area contributed by atoms with E-state index in [0.29, 0.717) is 23.0 Å². The van der Waals surface area contributed by atoms with Gasteiger partial charge < -0.3 is 31.5 Å². The van der Waals surface area contributed by atoms with Crippen LogP contribution in [0.3, 0.4) is 0 Å². The highest BCUT2D eigenvalue weighted by atomic mass is 32.2. The smallest absolute Gasteiger partial charge is 0.276 e. The number of nitrogens with one attached hydrogen (secondary N) is 1. The number of fused-ring (bicyclic) bond motifs is 1. The first-order valence-corrected chi connectivity index (χ1v) is 14.5. The minimum absolute atomic E-state index is 0.151. The fourth-order valence-electron chi connectivity index (χ4n) is 4.19. The van der Waals surface area contributed by atoms with Crippen LogP contribution in [-0.2, 0) is 25.8 Å². The third-order valence-corrected chi connectivity index (χ3v) is 8.60. The van der Waals surface area contributed by atoms with Crippen LogP contribution in [0.15, 0.2) is 63.9 Å². The second-order valence-corrected chi connectivity index (χ2v) is 11.4. The number of hydrogen-bond donors (Lipinski definition) is 3. The van der Waals surface area contributed by atoms with Crippen molar-refractivity contribution < 1.29 is 28.9 Å². The SMILES string of the molecule is CON=C(C(=O)N[C@@H]1C(=O)N2C(C(=O)[O-])=C(/C=C/C[n+]3cccc(-c4csc(N)n4)c3)CS[C@@H]12)c1csc(N)n1. The van der Waals surface area contributed by atoms with Crippen molar-refractivity contribution in [2.45, 2.75) is 18.0 Å². The number of carboxylic acids is 1. The Morgan fingerprint density at radius 3 is 2.75 bits per heavy atom. The van der Waals surface area contributed by atoms with Gasteiger partial charge in [0.05, 0.1) is 22.9 Å². The van der Waals surface area contributed by atoms with Crippen LogP contribution in [0.5, 0.6) is 0 Å². The van der Waals surface area contributed by atoms with Crippen LogP contribution < -0.4 is 26.5 Å². The van der Waals surface area contributed by atoms with Crippen molar-refractivity contribution in [1.82, 2.24) is 20.2 Å². The predicted molar refractivity (Wildman–Crippen MR) is 148 cm³/mol. The first-order valence-electron chi connectivity index (χ1n) is 11.7. The summed E-state index contributed by atoms with van der Waals surface area (Å²) in [5.74, 6) is -2.45. The van der Waals surface area contributed by atoms with Crippen LogP contribution in [0.2, 0.25) is 0 Å². The summed E-state index contributed by atoms with van der Waals surface area (Å²) >= 11 is 3.81. The van der Waals surface area contributed by atoms with Gasteiger partial charge in [0, 0.05) is 22.6 Å². The normalized spacial score (nSPS) is 19.0. The average molecular weight is 599 g/mol. The molecule has 0 aliphatic carbocycles. The van der Waals surface area contributed by atoms with Crippen LogP contribution in [0.4, 0.5) is 10.3 Å². The van der Waals surface area contributed by atoms with E-state index in [4.69, 9.17) is 16.3 Å². The molecule has 5 rings (SSSR count). The van der Waals surface area contributed by atoms with Crippen LogP contribution in [0.25, 0.3) is 11.3 Å². The van der Waals surface area contributed by atoms with Crippen molar-refractivity contribution in [3.05, 3.63) is 64.4 Å². The van der Waals surface area contributed by atoms with Gasteiger partial charge in [0.1, 0.15) is 24.2 Å². The zero-order valence-corrected chi connectivity index (χ0v) is 23.3. The molecule has 40 heavy (non-hydrogen) atoms. The summed E-state index contributed by atoms with van der Waals surface area (Å²) in [6, 6.07) is 2.84. The van der Waals surface area contributed by atoms with E-state index in [1.807, 2.05) is 34.5 Å². The molecule has 2 atom stereocenters.